The molecule has 0 atom stereocenters. The van der Waals surface area contributed by atoms with Crippen molar-refractivity contribution in [2.45, 2.75) is 41.5 Å². The summed E-state index contributed by atoms with van der Waals surface area (Å²) in [6.45, 7) is 12.1. The van der Waals surface area contributed by atoms with E-state index in [2.05, 4.69) is 0 Å². The molecule has 0 rings (SSSR count). The van der Waals surface area contributed by atoms with Gasteiger partial charge in [-0.25, -0.2) is 0 Å². The van der Waals surface area contributed by atoms with Crippen molar-refractivity contribution in [3.05, 3.63) is 0 Å². The lowest BCUT2D eigenvalue weighted by atomic mass is 9.99. The van der Waals surface area contributed by atoms with Gasteiger partial charge in [-0.15, -0.1) is 0 Å². The first kappa shape index (κ1) is 15.8. The minimum absolute atomic E-state index is 0.149. The van der Waals surface area contributed by atoms with Crippen molar-refractivity contribution >= 4 is 13.6 Å². The zero-order valence-corrected chi connectivity index (χ0v) is 12.0. The van der Waals surface area contributed by atoms with Crippen LogP contribution in [0.3, 0.4) is 0 Å². The standard InChI is InChI=1S/C11H23O4P/c1-10(2,3)7-14-16(13,9-12)15-8-11(4,5)6/h9H,7-8H2,1-6H3. The van der Waals surface area contributed by atoms with Gasteiger partial charge in [0.2, 0.25) is 6.03 Å². The minimum Gasteiger partial charge on any atom is -0.303 e. The van der Waals surface area contributed by atoms with E-state index in [1.54, 1.807) is 0 Å². The van der Waals surface area contributed by atoms with Crippen LogP contribution in [0.5, 0.6) is 0 Å². The van der Waals surface area contributed by atoms with Crippen molar-refractivity contribution in [3.8, 4) is 0 Å². The van der Waals surface area contributed by atoms with Crippen LogP contribution in [0.2, 0.25) is 0 Å². The topological polar surface area (TPSA) is 52.6 Å². The van der Waals surface area contributed by atoms with Crippen LogP contribution in [0.4, 0.5) is 0 Å². The van der Waals surface area contributed by atoms with Crippen molar-refractivity contribution in [2.24, 2.45) is 10.8 Å². The summed E-state index contributed by atoms with van der Waals surface area (Å²) in [4.78, 5) is 10.7. The molecule has 5 heteroatoms. The average molecular weight is 250 g/mol. The summed E-state index contributed by atoms with van der Waals surface area (Å²) < 4.78 is 22.1. The zero-order chi connectivity index (χ0) is 13.0. The molecule has 96 valence electrons. The Bertz CT molecular complexity index is 251. The summed E-state index contributed by atoms with van der Waals surface area (Å²) in [5, 5.41) is 0. The molecule has 0 aliphatic carbocycles. The smallest absolute Gasteiger partial charge is 0.303 e. The van der Waals surface area contributed by atoms with Gasteiger partial charge in [-0.3, -0.25) is 9.36 Å². The lowest BCUT2D eigenvalue weighted by Gasteiger charge is -2.24. The predicted molar refractivity (Wildman–Crippen MR) is 65.2 cm³/mol. The van der Waals surface area contributed by atoms with E-state index in [-0.39, 0.29) is 30.1 Å². The monoisotopic (exact) mass is 250 g/mol. The number of rotatable bonds is 5. The second-order valence-electron chi connectivity index (χ2n) is 6.31. The number of hydrogen-bond donors (Lipinski definition) is 0. The molecule has 0 aromatic rings. The van der Waals surface area contributed by atoms with Gasteiger partial charge in [0, 0.05) is 0 Å². The SMILES string of the molecule is CC(C)(C)COP(=O)(C=O)OCC(C)(C)C. The highest BCUT2D eigenvalue weighted by Crippen LogP contribution is 2.47. The Hall–Kier alpha value is -0.180. The summed E-state index contributed by atoms with van der Waals surface area (Å²) in [6.07, 6.45) is 0. The first-order valence-electron chi connectivity index (χ1n) is 5.33. The van der Waals surface area contributed by atoms with E-state index >= 15 is 0 Å². The van der Waals surface area contributed by atoms with E-state index in [4.69, 9.17) is 9.05 Å². The van der Waals surface area contributed by atoms with Crippen molar-refractivity contribution in [1.82, 2.24) is 0 Å². The molecule has 0 saturated carbocycles. The van der Waals surface area contributed by atoms with Crippen molar-refractivity contribution < 1.29 is 18.4 Å². The van der Waals surface area contributed by atoms with E-state index in [1.807, 2.05) is 41.5 Å². The van der Waals surface area contributed by atoms with Gasteiger partial charge in [-0.1, -0.05) is 41.5 Å². The highest BCUT2D eigenvalue weighted by molar-refractivity contribution is 7.69. The van der Waals surface area contributed by atoms with Gasteiger partial charge < -0.3 is 9.05 Å². The second kappa shape index (κ2) is 5.44. The third-order valence-electron chi connectivity index (χ3n) is 1.48. The summed E-state index contributed by atoms with van der Waals surface area (Å²) >= 11 is 0. The first-order valence-corrected chi connectivity index (χ1v) is 6.94. The molecule has 0 aliphatic heterocycles. The van der Waals surface area contributed by atoms with Gasteiger partial charge in [-0.2, -0.15) is 0 Å². The minimum atomic E-state index is -3.57. The summed E-state index contributed by atoms with van der Waals surface area (Å²) in [5.74, 6) is 0. The van der Waals surface area contributed by atoms with Gasteiger partial charge in [0.05, 0.1) is 13.2 Å². The fourth-order valence-corrected chi connectivity index (χ4v) is 2.00. The van der Waals surface area contributed by atoms with E-state index < -0.39 is 7.60 Å². The quantitative estimate of drug-likeness (QED) is 0.553. The van der Waals surface area contributed by atoms with Crippen LogP contribution in [0, 0.1) is 10.8 Å². The molecule has 16 heavy (non-hydrogen) atoms. The molecule has 0 fully saturated rings. The first-order chi connectivity index (χ1) is 6.97. The van der Waals surface area contributed by atoms with Crippen LogP contribution in [0.25, 0.3) is 0 Å². The highest BCUT2D eigenvalue weighted by atomic mass is 31.2. The molecule has 0 unspecified atom stereocenters. The summed E-state index contributed by atoms with van der Waals surface area (Å²) in [6, 6.07) is 0.282. The number of carbonyl (C=O) groups excluding carboxylic acids is 1. The molecule has 0 bridgehead atoms. The largest absolute Gasteiger partial charge is 0.393 e. The summed E-state index contributed by atoms with van der Waals surface area (Å²) in [7, 11) is -3.57. The Morgan fingerprint density at radius 2 is 1.25 bits per heavy atom. The van der Waals surface area contributed by atoms with E-state index in [1.165, 1.54) is 0 Å². The van der Waals surface area contributed by atoms with E-state index in [0.29, 0.717) is 0 Å². The Balaban J connectivity index is 4.33. The Morgan fingerprint density at radius 1 is 0.938 bits per heavy atom. The van der Waals surface area contributed by atoms with E-state index in [0.717, 1.165) is 0 Å². The Labute approximate surface area is 98.2 Å². The fraction of sp³-hybridized carbons (Fsp3) is 0.909. The molecule has 0 aromatic heterocycles. The van der Waals surface area contributed by atoms with Gasteiger partial charge in [-0.05, 0) is 10.8 Å². The van der Waals surface area contributed by atoms with Crippen molar-refractivity contribution in [1.29, 1.82) is 0 Å². The lowest BCUT2D eigenvalue weighted by molar-refractivity contribution is 0.130. The van der Waals surface area contributed by atoms with Gasteiger partial charge in [0.25, 0.3) is 0 Å². The lowest BCUT2D eigenvalue weighted by Crippen LogP contribution is -2.17. The molecule has 4 nitrogen and oxygen atoms in total. The van der Waals surface area contributed by atoms with Crippen LogP contribution in [0.1, 0.15) is 41.5 Å². The van der Waals surface area contributed by atoms with Crippen LogP contribution >= 0.6 is 7.60 Å². The molecule has 0 heterocycles. The normalized spacial score (nSPS) is 13.9. The Morgan fingerprint density at radius 3 is 1.44 bits per heavy atom. The third kappa shape index (κ3) is 8.03. The second-order valence-corrected chi connectivity index (χ2v) is 8.12. The van der Waals surface area contributed by atoms with Crippen LogP contribution in [-0.4, -0.2) is 19.2 Å². The number of hydrogen-bond acceptors (Lipinski definition) is 4. The van der Waals surface area contributed by atoms with E-state index in [9.17, 15) is 9.36 Å². The zero-order valence-electron chi connectivity index (χ0n) is 11.1. The fourth-order valence-electron chi connectivity index (χ4n) is 0.665. The van der Waals surface area contributed by atoms with Gasteiger partial charge in [0.1, 0.15) is 0 Å². The predicted octanol–water partition coefficient (Wildman–Crippen LogP) is 3.50. The van der Waals surface area contributed by atoms with Crippen molar-refractivity contribution in [2.75, 3.05) is 13.2 Å². The van der Waals surface area contributed by atoms with Crippen molar-refractivity contribution in [3.63, 3.8) is 0 Å². The average Bonchev–Trinajstić information content (AvgIpc) is 2.09. The number of carbonyl (C=O) groups is 1. The third-order valence-corrected chi connectivity index (χ3v) is 2.72. The van der Waals surface area contributed by atoms with Crippen LogP contribution in [0.15, 0.2) is 0 Å². The maximum atomic E-state index is 11.9. The Kier molecular flexibility index (Phi) is 5.37. The maximum Gasteiger partial charge on any atom is 0.393 e. The van der Waals surface area contributed by atoms with Crippen LogP contribution < -0.4 is 0 Å². The molecule has 0 aliphatic rings. The maximum absolute atomic E-state index is 11.9. The molecular weight excluding hydrogens is 227 g/mol. The molecule has 0 amide bonds. The molecule has 0 aromatic carbocycles. The highest BCUT2D eigenvalue weighted by Gasteiger charge is 2.28. The molecule has 0 radical (unpaired) electrons. The van der Waals surface area contributed by atoms with Gasteiger partial charge in [0.15, 0.2) is 0 Å². The van der Waals surface area contributed by atoms with Gasteiger partial charge >= 0.3 is 7.60 Å². The molecular formula is C11H23O4P. The molecule has 0 N–H and O–H groups in total. The molecule has 0 saturated heterocycles. The molecule has 0 spiro atoms. The summed E-state index contributed by atoms with van der Waals surface area (Å²) in [5.41, 5.74) is -0.298. The van der Waals surface area contributed by atoms with Crippen LogP contribution in [-0.2, 0) is 18.4 Å².